The Morgan fingerprint density at radius 1 is 1.26 bits per heavy atom. The lowest BCUT2D eigenvalue weighted by molar-refractivity contribution is -0.132. The molecule has 1 saturated carbocycles. The van der Waals surface area contributed by atoms with Crippen LogP contribution in [0.3, 0.4) is 0 Å². The summed E-state index contributed by atoms with van der Waals surface area (Å²) >= 11 is 0. The van der Waals surface area contributed by atoms with E-state index in [1.807, 2.05) is 0 Å². The number of carbonyl (C=O) groups excluding carboxylic acids is 2. The van der Waals surface area contributed by atoms with Crippen molar-refractivity contribution in [2.45, 2.75) is 32.1 Å². The van der Waals surface area contributed by atoms with Crippen LogP contribution in [-0.4, -0.2) is 38.6 Å². The third kappa shape index (κ3) is 4.52. The number of amides is 2. The first-order valence-corrected chi connectivity index (χ1v) is 6.60. The topological polar surface area (TPSA) is 91.2 Å². The van der Waals surface area contributed by atoms with Gasteiger partial charge in [0.05, 0.1) is 19.2 Å². The zero-order valence-electron chi connectivity index (χ0n) is 11.3. The van der Waals surface area contributed by atoms with Gasteiger partial charge in [-0.2, -0.15) is 5.26 Å². The van der Waals surface area contributed by atoms with E-state index >= 15 is 0 Å². The first-order valence-electron chi connectivity index (χ1n) is 6.60. The van der Waals surface area contributed by atoms with Crippen LogP contribution in [0.2, 0.25) is 0 Å². The van der Waals surface area contributed by atoms with Gasteiger partial charge in [-0.1, -0.05) is 19.3 Å². The Morgan fingerprint density at radius 3 is 2.53 bits per heavy atom. The lowest BCUT2D eigenvalue weighted by Crippen LogP contribution is -2.45. The summed E-state index contributed by atoms with van der Waals surface area (Å²) in [5.74, 6) is -0.592. The van der Waals surface area contributed by atoms with Gasteiger partial charge in [-0.3, -0.25) is 9.59 Å². The third-order valence-corrected chi connectivity index (χ3v) is 3.39. The molecule has 0 aromatic carbocycles. The number of carbonyl (C=O) groups is 2. The average molecular weight is 267 g/mol. The fourth-order valence-electron chi connectivity index (χ4n) is 2.23. The van der Waals surface area contributed by atoms with Gasteiger partial charge >= 0.3 is 0 Å². The molecule has 0 unspecified atom stereocenters. The summed E-state index contributed by atoms with van der Waals surface area (Å²) in [5, 5.41) is 14.4. The van der Waals surface area contributed by atoms with E-state index in [0.29, 0.717) is 26.0 Å². The molecule has 0 radical (unpaired) electrons. The quantitative estimate of drug-likeness (QED) is 0.679. The molecule has 2 N–H and O–H groups in total. The van der Waals surface area contributed by atoms with Gasteiger partial charge in [0, 0.05) is 13.7 Å². The van der Waals surface area contributed by atoms with Gasteiger partial charge in [0.1, 0.15) is 5.41 Å². The maximum Gasteiger partial charge on any atom is 0.240 e. The van der Waals surface area contributed by atoms with Crippen molar-refractivity contribution >= 4 is 11.8 Å². The SMILES string of the molecule is COCCNC(=O)CNC(=O)C1(C#N)CCCCC1. The van der Waals surface area contributed by atoms with Gasteiger partial charge < -0.3 is 15.4 Å². The van der Waals surface area contributed by atoms with Crippen LogP contribution in [0.1, 0.15) is 32.1 Å². The van der Waals surface area contributed by atoms with Crippen LogP contribution in [0.15, 0.2) is 0 Å². The van der Waals surface area contributed by atoms with Gasteiger partial charge in [0.15, 0.2) is 0 Å². The van der Waals surface area contributed by atoms with Crippen molar-refractivity contribution < 1.29 is 14.3 Å². The van der Waals surface area contributed by atoms with Crippen molar-refractivity contribution in [3.05, 3.63) is 0 Å². The molecule has 0 aromatic heterocycles. The van der Waals surface area contributed by atoms with Crippen LogP contribution in [0.4, 0.5) is 0 Å². The molecule has 0 atom stereocenters. The molecule has 0 saturated heterocycles. The highest BCUT2D eigenvalue weighted by Gasteiger charge is 2.39. The molecule has 1 aliphatic rings. The zero-order valence-corrected chi connectivity index (χ0v) is 11.3. The van der Waals surface area contributed by atoms with Crippen LogP contribution in [-0.2, 0) is 14.3 Å². The first kappa shape index (κ1) is 15.4. The highest BCUT2D eigenvalue weighted by molar-refractivity contribution is 5.89. The van der Waals surface area contributed by atoms with Gasteiger partial charge in [-0.25, -0.2) is 0 Å². The Morgan fingerprint density at radius 2 is 1.95 bits per heavy atom. The second-order valence-corrected chi connectivity index (χ2v) is 4.78. The van der Waals surface area contributed by atoms with E-state index in [2.05, 4.69) is 16.7 Å². The largest absolute Gasteiger partial charge is 0.383 e. The fraction of sp³-hybridized carbons (Fsp3) is 0.769. The van der Waals surface area contributed by atoms with Crippen molar-refractivity contribution in [3.63, 3.8) is 0 Å². The van der Waals surface area contributed by atoms with Crippen molar-refractivity contribution in [1.82, 2.24) is 10.6 Å². The number of nitriles is 1. The molecular weight excluding hydrogens is 246 g/mol. The minimum atomic E-state index is -0.939. The van der Waals surface area contributed by atoms with E-state index < -0.39 is 5.41 Å². The number of nitrogens with one attached hydrogen (secondary N) is 2. The van der Waals surface area contributed by atoms with Crippen LogP contribution in [0.25, 0.3) is 0 Å². The average Bonchev–Trinajstić information content (AvgIpc) is 2.45. The predicted molar refractivity (Wildman–Crippen MR) is 69.0 cm³/mol. The van der Waals surface area contributed by atoms with E-state index in [-0.39, 0.29) is 18.4 Å². The molecule has 0 aliphatic heterocycles. The Balaban J connectivity index is 2.37. The second-order valence-electron chi connectivity index (χ2n) is 4.78. The first-order chi connectivity index (χ1) is 9.14. The minimum Gasteiger partial charge on any atom is -0.383 e. The molecule has 1 rings (SSSR count). The number of hydrogen-bond donors (Lipinski definition) is 2. The minimum absolute atomic E-state index is 0.0913. The van der Waals surface area contributed by atoms with Crippen molar-refractivity contribution in [2.75, 3.05) is 26.8 Å². The Labute approximate surface area is 113 Å². The zero-order chi connectivity index (χ0) is 14.1. The van der Waals surface area contributed by atoms with Crippen molar-refractivity contribution in [2.24, 2.45) is 5.41 Å². The van der Waals surface area contributed by atoms with Crippen molar-refractivity contribution in [1.29, 1.82) is 5.26 Å². The highest BCUT2D eigenvalue weighted by Crippen LogP contribution is 2.35. The van der Waals surface area contributed by atoms with Crippen LogP contribution in [0, 0.1) is 16.7 Å². The summed E-state index contributed by atoms with van der Waals surface area (Å²) in [7, 11) is 1.55. The Kier molecular flexibility index (Phi) is 6.30. The highest BCUT2D eigenvalue weighted by atomic mass is 16.5. The molecule has 2 amide bonds. The smallest absolute Gasteiger partial charge is 0.240 e. The maximum absolute atomic E-state index is 12.0. The molecule has 0 spiro atoms. The van der Waals surface area contributed by atoms with Gasteiger partial charge in [0.2, 0.25) is 11.8 Å². The third-order valence-electron chi connectivity index (χ3n) is 3.39. The molecule has 1 fully saturated rings. The Hall–Kier alpha value is -1.61. The van der Waals surface area contributed by atoms with Gasteiger partial charge in [0.25, 0.3) is 0 Å². The predicted octanol–water partition coefficient (Wildman–Crippen LogP) is 0.339. The van der Waals surface area contributed by atoms with Crippen LogP contribution in [0.5, 0.6) is 0 Å². The summed E-state index contributed by atoms with van der Waals surface area (Å²) in [6.07, 6.45) is 4.01. The van der Waals surface area contributed by atoms with Crippen LogP contribution < -0.4 is 10.6 Å². The van der Waals surface area contributed by atoms with Crippen molar-refractivity contribution in [3.8, 4) is 6.07 Å². The van der Waals surface area contributed by atoms with E-state index in [1.54, 1.807) is 7.11 Å². The Bertz CT molecular complexity index is 357. The maximum atomic E-state index is 12.0. The monoisotopic (exact) mass is 267 g/mol. The molecule has 0 aromatic rings. The van der Waals surface area contributed by atoms with Gasteiger partial charge in [-0.05, 0) is 12.8 Å². The molecule has 1 aliphatic carbocycles. The number of nitrogens with zero attached hydrogens (tertiary/aromatic N) is 1. The number of ether oxygens (including phenoxy) is 1. The number of rotatable bonds is 6. The molecule has 106 valence electrons. The molecule has 6 heteroatoms. The van der Waals surface area contributed by atoms with E-state index in [9.17, 15) is 14.9 Å². The normalized spacial score (nSPS) is 17.3. The van der Waals surface area contributed by atoms with E-state index in [0.717, 1.165) is 19.3 Å². The summed E-state index contributed by atoms with van der Waals surface area (Å²) in [4.78, 5) is 23.5. The fourth-order valence-corrected chi connectivity index (χ4v) is 2.23. The summed E-state index contributed by atoms with van der Waals surface area (Å²) < 4.78 is 4.80. The molecule has 19 heavy (non-hydrogen) atoms. The molecular formula is C13H21N3O3. The second kappa shape index (κ2) is 7.74. The molecule has 0 heterocycles. The number of hydrogen-bond acceptors (Lipinski definition) is 4. The van der Waals surface area contributed by atoms with E-state index in [4.69, 9.17) is 4.74 Å². The lowest BCUT2D eigenvalue weighted by Gasteiger charge is -2.28. The molecule has 6 nitrogen and oxygen atoms in total. The summed E-state index contributed by atoms with van der Waals surface area (Å²) in [6.45, 7) is 0.752. The van der Waals surface area contributed by atoms with E-state index in [1.165, 1.54) is 0 Å². The lowest BCUT2D eigenvalue weighted by atomic mass is 9.74. The number of methoxy groups -OCH3 is 1. The molecule has 0 bridgehead atoms. The van der Waals surface area contributed by atoms with Crippen LogP contribution >= 0.6 is 0 Å². The summed E-state index contributed by atoms with van der Waals surface area (Å²) in [6, 6.07) is 2.13. The van der Waals surface area contributed by atoms with Gasteiger partial charge in [-0.15, -0.1) is 0 Å². The standard InChI is InChI=1S/C13H21N3O3/c1-19-8-7-15-11(17)9-16-12(18)13(10-14)5-3-2-4-6-13/h2-9H2,1H3,(H,15,17)(H,16,18). The summed E-state index contributed by atoms with van der Waals surface area (Å²) in [5.41, 5.74) is -0.939.